The van der Waals surface area contributed by atoms with Gasteiger partial charge in [-0.3, -0.25) is 4.90 Å². The molecule has 2 heterocycles. The van der Waals surface area contributed by atoms with Crippen LogP contribution in [0, 0.1) is 23.2 Å². The van der Waals surface area contributed by atoms with Crippen molar-refractivity contribution >= 4 is 11.3 Å². The first-order valence-electron chi connectivity index (χ1n) is 6.98. The van der Waals surface area contributed by atoms with Gasteiger partial charge in [-0.1, -0.05) is 32.6 Å². The number of nitrogens with two attached hydrogens (primary N) is 1. The maximum absolute atomic E-state index is 5.44. The summed E-state index contributed by atoms with van der Waals surface area (Å²) in [7, 11) is 0. The first kappa shape index (κ1) is 14.6. The van der Waals surface area contributed by atoms with Crippen LogP contribution >= 0.6 is 11.3 Å². The summed E-state index contributed by atoms with van der Waals surface area (Å²) in [4.78, 5) is 3.95. The summed E-state index contributed by atoms with van der Waals surface area (Å²) in [6.07, 6.45) is 1.32. The van der Waals surface area contributed by atoms with Gasteiger partial charge in [-0.15, -0.1) is 11.3 Å². The summed E-state index contributed by atoms with van der Waals surface area (Å²) in [6.45, 7) is 11.0. The van der Waals surface area contributed by atoms with E-state index in [1.807, 2.05) is 11.3 Å². The van der Waals surface area contributed by atoms with E-state index < -0.39 is 0 Å². The molecular formula is C16H24N2S. The summed E-state index contributed by atoms with van der Waals surface area (Å²) in [5, 5.41) is 2.13. The Bertz CT molecular complexity index is 473. The van der Waals surface area contributed by atoms with Crippen molar-refractivity contribution in [3.8, 4) is 11.8 Å². The molecule has 0 spiro atoms. The Kier molecular flexibility index (Phi) is 4.67. The van der Waals surface area contributed by atoms with Gasteiger partial charge in [0, 0.05) is 23.5 Å². The lowest BCUT2D eigenvalue weighted by Crippen LogP contribution is -2.25. The van der Waals surface area contributed by atoms with Crippen molar-refractivity contribution in [2.45, 2.75) is 33.7 Å². The summed E-state index contributed by atoms with van der Waals surface area (Å²) < 4.78 is 0. The second-order valence-corrected chi connectivity index (χ2v) is 7.35. The van der Waals surface area contributed by atoms with Gasteiger partial charge in [0.2, 0.25) is 0 Å². The van der Waals surface area contributed by atoms with Crippen molar-refractivity contribution in [3.63, 3.8) is 0 Å². The molecule has 2 N–H and O–H groups in total. The summed E-state index contributed by atoms with van der Waals surface area (Å²) in [5.41, 5.74) is 7.03. The van der Waals surface area contributed by atoms with Gasteiger partial charge in [-0.05, 0) is 35.7 Å². The van der Waals surface area contributed by atoms with Gasteiger partial charge in [0.1, 0.15) is 0 Å². The molecule has 2 nitrogen and oxygen atoms in total. The smallest absolute Gasteiger partial charge is 0.0555 e. The van der Waals surface area contributed by atoms with Gasteiger partial charge in [0.25, 0.3) is 0 Å². The Hall–Kier alpha value is -0.820. The van der Waals surface area contributed by atoms with Crippen LogP contribution in [0.3, 0.4) is 0 Å². The van der Waals surface area contributed by atoms with Crippen molar-refractivity contribution in [2.75, 3.05) is 19.6 Å². The summed E-state index contributed by atoms with van der Waals surface area (Å²) in [5.74, 6) is 6.94. The van der Waals surface area contributed by atoms with Crippen LogP contribution < -0.4 is 5.73 Å². The SMILES string of the molecule is CC(C)(C)C1CCN(Cc2sccc2C#CCN)C1. The molecule has 1 aliphatic heterocycles. The topological polar surface area (TPSA) is 29.3 Å². The molecule has 1 aromatic heterocycles. The minimum absolute atomic E-state index is 0.423. The minimum Gasteiger partial charge on any atom is -0.320 e. The molecule has 0 bridgehead atoms. The lowest BCUT2D eigenvalue weighted by molar-refractivity contribution is 0.227. The zero-order valence-corrected chi connectivity index (χ0v) is 13.0. The average molecular weight is 276 g/mol. The molecule has 104 valence electrons. The van der Waals surface area contributed by atoms with E-state index in [2.05, 4.69) is 49.0 Å². The molecular weight excluding hydrogens is 252 g/mol. The zero-order valence-electron chi connectivity index (χ0n) is 12.2. The highest BCUT2D eigenvalue weighted by Gasteiger charge is 2.31. The number of hydrogen-bond donors (Lipinski definition) is 1. The van der Waals surface area contributed by atoms with Crippen molar-refractivity contribution in [1.82, 2.24) is 4.90 Å². The van der Waals surface area contributed by atoms with Gasteiger partial charge in [-0.2, -0.15) is 0 Å². The van der Waals surface area contributed by atoms with Crippen LogP contribution in [-0.4, -0.2) is 24.5 Å². The molecule has 1 unspecified atom stereocenters. The van der Waals surface area contributed by atoms with Gasteiger partial charge >= 0.3 is 0 Å². The molecule has 1 aliphatic rings. The van der Waals surface area contributed by atoms with E-state index in [1.54, 1.807) is 0 Å². The quantitative estimate of drug-likeness (QED) is 0.842. The van der Waals surface area contributed by atoms with Crippen LogP contribution in [-0.2, 0) is 6.54 Å². The molecule has 0 aromatic carbocycles. The van der Waals surface area contributed by atoms with Gasteiger partial charge in [0.15, 0.2) is 0 Å². The average Bonchev–Trinajstić information content (AvgIpc) is 2.95. The van der Waals surface area contributed by atoms with E-state index in [-0.39, 0.29) is 0 Å². The molecule has 1 saturated heterocycles. The van der Waals surface area contributed by atoms with E-state index in [0.29, 0.717) is 12.0 Å². The first-order chi connectivity index (χ1) is 9.00. The second kappa shape index (κ2) is 6.09. The van der Waals surface area contributed by atoms with Crippen molar-refractivity contribution in [3.05, 3.63) is 21.9 Å². The monoisotopic (exact) mass is 276 g/mol. The lowest BCUT2D eigenvalue weighted by Gasteiger charge is -2.27. The van der Waals surface area contributed by atoms with E-state index in [4.69, 9.17) is 5.73 Å². The maximum Gasteiger partial charge on any atom is 0.0555 e. The van der Waals surface area contributed by atoms with Crippen LogP contribution in [0.4, 0.5) is 0 Å². The van der Waals surface area contributed by atoms with Crippen LogP contribution in [0.2, 0.25) is 0 Å². The van der Waals surface area contributed by atoms with Gasteiger partial charge in [-0.25, -0.2) is 0 Å². The number of hydrogen-bond acceptors (Lipinski definition) is 3. The van der Waals surface area contributed by atoms with Crippen molar-refractivity contribution in [1.29, 1.82) is 0 Å². The predicted molar refractivity (Wildman–Crippen MR) is 83.1 cm³/mol. The Labute approximate surface area is 121 Å². The third-order valence-corrected chi connectivity index (χ3v) is 4.84. The lowest BCUT2D eigenvalue weighted by atomic mass is 9.80. The highest BCUT2D eigenvalue weighted by molar-refractivity contribution is 7.10. The Morgan fingerprint density at radius 1 is 1.47 bits per heavy atom. The zero-order chi connectivity index (χ0) is 13.9. The predicted octanol–water partition coefficient (Wildman–Crippen LogP) is 2.93. The number of nitrogens with zero attached hydrogens (tertiary/aromatic N) is 1. The van der Waals surface area contributed by atoms with E-state index in [1.165, 1.54) is 24.4 Å². The number of likely N-dealkylation sites (tertiary alicyclic amines) is 1. The molecule has 1 atom stereocenters. The maximum atomic E-state index is 5.44. The fourth-order valence-corrected chi connectivity index (χ4v) is 3.48. The van der Waals surface area contributed by atoms with E-state index >= 15 is 0 Å². The molecule has 2 rings (SSSR count). The largest absolute Gasteiger partial charge is 0.320 e. The molecule has 0 aliphatic carbocycles. The first-order valence-corrected chi connectivity index (χ1v) is 7.86. The van der Waals surface area contributed by atoms with Crippen molar-refractivity contribution in [2.24, 2.45) is 17.1 Å². The standard InChI is InChI=1S/C16H24N2S/c1-16(2,3)14-6-9-18(11-14)12-15-13(5-4-8-17)7-10-19-15/h7,10,14H,6,8-9,11-12,17H2,1-3H3. The van der Waals surface area contributed by atoms with Gasteiger partial charge in [0.05, 0.1) is 6.54 Å². The number of rotatable bonds is 2. The molecule has 3 heteroatoms. The van der Waals surface area contributed by atoms with E-state index in [9.17, 15) is 0 Å². The number of thiophene rings is 1. The second-order valence-electron chi connectivity index (χ2n) is 6.35. The van der Waals surface area contributed by atoms with Gasteiger partial charge < -0.3 is 5.73 Å². The third kappa shape index (κ3) is 3.82. The fourth-order valence-electron chi connectivity index (χ4n) is 2.61. The van der Waals surface area contributed by atoms with E-state index in [0.717, 1.165) is 18.0 Å². The Balaban J connectivity index is 1.98. The van der Waals surface area contributed by atoms with Crippen LogP contribution in [0.1, 0.15) is 37.6 Å². The molecule has 0 radical (unpaired) electrons. The highest BCUT2D eigenvalue weighted by atomic mass is 32.1. The van der Waals surface area contributed by atoms with Crippen LogP contribution in [0.15, 0.2) is 11.4 Å². The molecule has 1 fully saturated rings. The molecule has 0 amide bonds. The van der Waals surface area contributed by atoms with Crippen LogP contribution in [0.25, 0.3) is 0 Å². The van der Waals surface area contributed by atoms with Crippen molar-refractivity contribution < 1.29 is 0 Å². The molecule has 1 aromatic rings. The summed E-state index contributed by atoms with van der Waals surface area (Å²) in [6, 6.07) is 2.11. The molecule has 19 heavy (non-hydrogen) atoms. The summed E-state index contributed by atoms with van der Waals surface area (Å²) >= 11 is 1.81. The Morgan fingerprint density at radius 2 is 2.26 bits per heavy atom. The third-order valence-electron chi connectivity index (χ3n) is 3.93. The normalized spacial score (nSPS) is 20.3. The molecule has 0 saturated carbocycles. The highest BCUT2D eigenvalue weighted by Crippen LogP contribution is 2.34. The fraction of sp³-hybridized carbons (Fsp3) is 0.625. The minimum atomic E-state index is 0.423. The Morgan fingerprint density at radius 3 is 2.89 bits per heavy atom. The van der Waals surface area contributed by atoms with Crippen LogP contribution in [0.5, 0.6) is 0 Å².